The number of ether oxygens (including phenoxy) is 1. The van der Waals surface area contributed by atoms with Crippen molar-refractivity contribution in [3.05, 3.63) is 95.7 Å². The number of fused-ring (bicyclic) bond motifs is 1. The Morgan fingerprint density at radius 1 is 1.00 bits per heavy atom. The zero-order chi connectivity index (χ0) is 19.3. The van der Waals surface area contributed by atoms with E-state index in [2.05, 4.69) is 15.5 Å². The topological polar surface area (TPSA) is 68.5 Å². The van der Waals surface area contributed by atoms with Gasteiger partial charge in [0.15, 0.2) is 11.5 Å². The van der Waals surface area contributed by atoms with Gasteiger partial charge in [0.25, 0.3) is 5.91 Å². The van der Waals surface area contributed by atoms with Gasteiger partial charge in [-0.15, -0.1) is 10.2 Å². The van der Waals surface area contributed by atoms with Crippen LogP contribution in [0.2, 0.25) is 0 Å². The van der Waals surface area contributed by atoms with E-state index in [0.29, 0.717) is 17.1 Å². The van der Waals surface area contributed by atoms with Crippen LogP contribution in [0.5, 0.6) is 5.75 Å². The van der Waals surface area contributed by atoms with Crippen molar-refractivity contribution >= 4 is 11.6 Å². The number of para-hydroxylation sites is 1. The molecule has 1 N–H and O–H groups in total. The molecule has 0 atom stereocenters. The number of amides is 1. The summed E-state index contributed by atoms with van der Waals surface area (Å²) in [7, 11) is 0. The molecule has 0 aliphatic rings. The molecule has 28 heavy (non-hydrogen) atoms. The molecule has 0 saturated heterocycles. The molecular formula is C21H17FN4O2. The lowest BCUT2D eigenvalue weighted by atomic mass is 10.2. The summed E-state index contributed by atoms with van der Waals surface area (Å²) >= 11 is 0. The number of rotatable bonds is 6. The first-order valence-electron chi connectivity index (χ1n) is 8.74. The Bertz CT molecular complexity index is 1110. The second-order valence-electron chi connectivity index (χ2n) is 6.14. The summed E-state index contributed by atoms with van der Waals surface area (Å²) in [5.74, 6) is 0.510. The molecule has 0 unspecified atom stereocenters. The Morgan fingerprint density at radius 2 is 1.79 bits per heavy atom. The van der Waals surface area contributed by atoms with Gasteiger partial charge in [0.1, 0.15) is 18.2 Å². The van der Waals surface area contributed by atoms with E-state index in [1.54, 1.807) is 36.4 Å². The van der Waals surface area contributed by atoms with E-state index in [0.717, 1.165) is 11.2 Å². The highest BCUT2D eigenvalue weighted by Gasteiger charge is 2.13. The summed E-state index contributed by atoms with van der Waals surface area (Å²) < 4.78 is 20.6. The average molecular weight is 376 g/mol. The lowest BCUT2D eigenvalue weighted by Crippen LogP contribution is -2.24. The van der Waals surface area contributed by atoms with Crippen molar-refractivity contribution in [2.24, 2.45) is 0 Å². The quantitative estimate of drug-likeness (QED) is 0.560. The van der Waals surface area contributed by atoms with E-state index >= 15 is 0 Å². The highest BCUT2D eigenvalue weighted by Crippen LogP contribution is 2.19. The van der Waals surface area contributed by atoms with E-state index in [9.17, 15) is 9.18 Å². The fourth-order valence-corrected chi connectivity index (χ4v) is 2.79. The number of carbonyl (C=O) groups is 1. The number of nitrogens with zero attached hydrogens (tertiary/aromatic N) is 3. The van der Waals surface area contributed by atoms with Crippen LogP contribution < -0.4 is 10.1 Å². The number of pyridine rings is 1. The lowest BCUT2D eigenvalue weighted by molar-refractivity contribution is 0.0945. The maximum absolute atomic E-state index is 13.0. The molecule has 0 bridgehead atoms. The first kappa shape index (κ1) is 17.7. The van der Waals surface area contributed by atoms with Gasteiger partial charge in [-0.1, -0.05) is 30.3 Å². The van der Waals surface area contributed by atoms with Crippen molar-refractivity contribution < 1.29 is 13.9 Å². The molecule has 2 aromatic heterocycles. The summed E-state index contributed by atoms with van der Waals surface area (Å²) in [5.41, 5.74) is 1.94. The van der Waals surface area contributed by atoms with E-state index in [1.165, 1.54) is 12.1 Å². The van der Waals surface area contributed by atoms with E-state index in [1.807, 2.05) is 28.8 Å². The first-order valence-corrected chi connectivity index (χ1v) is 8.74. The predicted octanol–water partition coefficient (Wildman–Crippen LogP) is 3.38. The van der Waals surface area contributed by atoms with Gasteiger partial charge in [0.2, 0.25) is 0 Å². The van der Waals surface area contributed by atoms with Gasteiger partial charge in [-0.05, 0) is 42.0 Å². The highest BCUT2D eigenvalue weighted by molar-refractivity contribution is 5.96. The summed E-state index contributed by atoms with van der Waals surface area (Å²) in [6, 6.07) is 18.6. The summed E-state index contributed by atoms with van der Waals surface area (Å²) in [4.78, 5) is 12.7. The fourth-order valence-electron chi connectivity index (χ4n) is 2.79. The zero-order valence-electron chi connectivity index (χ0n) is 14.9. The van der Waals surface area contributed by atoms with E-state index < -0.39 is 0 Å². The molecule has 140 valence electrons. The predicted molar refractivity (Wildman–Crippen MR) is 101 cm³/mol. The smallest absolute Gasteiger partial charge is 0.255 e. The van der Waals surface area contributed by atoms with Crippen LogP contribution in [-0.4, -0.2) is 20.5 Å². The summed E-state index contributed by atoms with van der Waals surface area (Å²) in [6.07, 6.45) is 1.84. The molecule has 0 radical (unpaired) electrons. The van der Waals surface area contributed by atoms with Crippen LogP contribution in [0.25, 0.3) is 5.65 Å². The summed E-state index contributed by atoms with van der Waals surface area (Å²) in [6.45, 7) is 0.468. The number of benzene rings is 2. The molecule has 4 aromatic rings. The molecule has 1 amide bonds. The van der Waals surface area contributed by atoms with Gasteiger partial charge in [0, 0.05) is 6.20 Å². The lowest BCUT2D eigenvalue weighted by Gasteiger charge is -2.11. The molecule has 0 aliphatic carbocycles. The van der Waals surface area contributed by atoms with Crippen molar-refractivity contribution in [3.8, 4) is 5.75 Å². The van der Waals surface area contributed by atoms with Crippen LogP contribution in [0.3, 0.4) is 0 Å². The zero-order valence-corrected chi connectivity index (χ0v) is 14.9. The monoisotopic (exact) mass is 376 g/mol. The molecule has 2 aromatic carbocycles. The molecule has 0 fully saturated rings. The third-order valence-electron chi connectivity index (χ3n) is 4.23. The minimum absolute atomic E-state index is 0.232. The molecule has 0 spiro atoms. The molecule has 7 heteroatoms. The Morgan fingerprint density at radius 3 is 2.64 bits per heavy atom. The van der Waals surface area contributed by atoms with Gasteiger partial charge >= 0.3 is 0 Å². The van der Waals surface area contributed by atoms with E-state index in [-0.39, 0.29) is 24.9 Å². The number of halogens is 1. The second kappa shape index (κ2) is 7.87. The molecule has 0 saturated carbocycles. The highest BCUT2D eigenvalue weighted by atomic mass is 19.1. The molecule has 4 rings (SSSR count). The maximum Gasteiger partial charge on any atom is 0.255 e. The number of hydrogen-bond acceptors (Lipinski definition) is 4. The van der Waals surface area contributed by atoms with E-state index in [4.69, 9.17) is 4.74 Å². The van der Waals surface area contributed by atoms with Gasteiger partial charge in [-0.2, -0.15) is 0 Å². The Kier molecular flexibility index (Phi) is 4.97. The van der Waals surface area contributed by atoms with Gasteiger partial charge < -0.3 is 10.1 Å². The maximum atomic E-state index is 13.0. The van der Waals surface area contributed by atoms with Crippen LogP contribution in [0, 0.1) is 5.82 Å². The minimum Gasteiger partial charge on any atom is -0.488 e. The summed E-state index contributed by atoms with van der Waals surface area (Å²) in [5, 5.41) is 11.0. The van der Waals surface area contributed by atoms with Crippen molar-refractivity contribution in [3.63, 3.8) is 0 Å². The minimum atomic E-state index is -0.301. The van der Waals surface area contributed by atoms with Crippen molar-refractivity contribution in [1.29, 1.82) is 0 Å². The number of aromatic nitrogens is 3. The second-order valence-corrected chi connectivity index (χ2v) is 6.14. The van der Waals surface area contributed by atoms with Crippen molar-refractivity contribution in [2.75, 3.05) is 0 Å². The Labute approximate surface area is 160 Å². The molecule has 0 aliphatic heterocycles. The normalized spacial score (nSPS) is 10.8. The standard InChI is InChI=1S/C21H17FN4O2/c22-16-10-8-15(9-11-16)14-28-18-6-2-1-5-17(18)21(27)23-13-20-25-24-19-7-3-4-12-26(19)20/h1-12H,13-14H2,(H,23,27). The van der Waals surface area contributed by atoms with Crippen LogP contribution >= 0.6 is 0 Å². The van der Waals surface area contributed by atoms with Gasteiger partial charge in [0.05, 0.1) is 12.1 Å². The average Bonchev–Trinajstić information content (AvgIpc) is 3.15. The number of carbonyl (C=O) groups excluding carboxylic acids is 1. The number of hydrogen-bond donors (Lipinski definition) is 1. The van der Waals surface area contributed by atoms with Crippen LogP contribution in [0.4, 0.5) is 4.39 Å². The van der Waals surface area contributed by atoms with Crippen molar-refractivity contribution in [2.45, 2.75) is 13.2 Å². The fraction of sp³-hybridized carbons (Fsp3) is 0.0952. The third kappa shape index (κ3) is 3.83. The Hall–Kier alpha value is -3.74. The first-order chi connectivity index (χ1) is 13.7. The molecular weight excluding hydrogens is 359 g/mol. The number of nitrogens with one attached hydrogen (secondary N) is 1. The van der Waals surface area contributed by atoms with Crippen molar-refractivity contribution in [1.82, 2.24) is 19.9 Å². The Balaban J connectivity index is 1.44. The van der Waals surface area contributed by atoms with Gasteiger partial charge in [-0.3, -0.25) is 9.20 Å². The SMILES string of the molecule is O=C(NCc1nnc2ccccn12)c1ccccc1OCc1ccc(F)cc1. The third-order valence-corrected chi connectivity index (χ3v) is 4.23. The largest absolute Gasteiger partial charge is 0.488 e. The molecule has 2 heterocycles. The molecule has 6 nitrogen and oxygen atoms in total. The van der Waals surface area contributed by atoms with Crippen LogP contribution in [-0.2, 0) is 13.2 Å². The van der Waals surface area contributed by atoms with Gasteiger partial charge in [-0.25, -0.2) is 4.39 Å². The van der Waals surface area contributed by atoms with Crippen LogP contribution in [0.1, 0.15) is 21.7 Å². The van der Waals surface area contributed by atoms with Crippen LogP contribution in [0.15, 0.2) is 72.9 Å².